The highest BCUT2D eigenvalue weighted by atomic mass is 35.5. The third-order valence-corrected chi connectivity index (χ3v) is 3.49. The third kappa shape index (κ3) is 3.66. The molecule has 0 bridgehead atoms. The van der Waals surface area contributed by atoms with E-state index in [-0.39, 0.29) is 10.8 Å². The number of benzene rings is 1. The molecule has 0 amide bonds. The van der Waals surface area contributed by atoms with Gasteiger partial charge in [-0.05, 0) is 44.1 Å². The first kappa shape index (κ1) is 12.8. The number of nitrogens with zero attached hydrogens (tertiary/aromatic N) is 1. The van der Waals surface area contributed by atoms with Crippen LogP contribution < -0.4 is 5.32 Å². The van der Waals surface area contributed by atoms with Crippen LogP contribution in [-0.2, 0) is 6.54 Å². The summed E-state index contributed by atoms with van der Waals surface area (Å²) in [4.78, 5) is 2.33. The number of likely N-dealkylation sites (tertiary alicyclic amines) is 1. The Morgan fingerprint density at radius 1 is 1.53 bits per heavy atom. The van der Waals surface area contributed by atoms with Crippen LogP contribution in [0.1, 0.15) is 18.4 Å². The molecule has 0 spiro atoms. The van der Waals surface area contributed by atoms with Crippen molar-refractivity contribution in [2.45, 2.75) is 25.4 Å². The molecule has 1 aliphatic heterocycles. The quantitative estimate of drug-likeness (QED) is 0.895. The van der Waals surface area contributed by atoms with Crippen LogP contribution in [0.25, 0.3) is 0 Å². The summed E-state index contributed by atoms with van der Waals surface area (Å²) in [6.07, 6.45) is 2.44. The SMILES string of the molecule is CN1CCCC(NCc2ccc(F)c(Cl)c2)C1. The predicted octanol–water partition coefficient (Wildman–Crippen LogP) is 2.66. The molecule has 1 aromatic carbocycles. The van der Waals surface area contributed by atoms with Crippen LogP contribution in [0.2, 0.25) is 5.02 Å². The fraction of sp³-hybridized carbons (Fsp3) is 0.538. The summed E-state index contributed by atoms with van der Waals surface area (Å²) < 4.78 is 13.0. The maximum Gasteiger partial charge on any atom is 0.141 e. The van der Waals surface area contributed by atoms with Gasteiger partial charge in [0.2, 0.25) is 0 Å². The first-order valence-corrected chi connectivity index (χ1v) is 6.39. The second-order valence-corrected chi connectivity index (χ2v) is 5.14. The Labute approximate surface area is 107 Å². The van der Waals surface area contributed by atoms with Gasteiger partial charge in [-0.2, -0.15) is 0 Å². The lowest BCUT2D eigenvalue weighted by Crippen LogP contribution is -2.43. The van der Waals surface area contributed by atoms with Gasteiger partial charge in [0.15, 0.2) is 0 Å². The molecule has 0 aliphatic carbocycles. The van der Waals surface area contributed by atoms with E-state index < -0.39 is 0 Å². The van der Waals surface area contributed by atoms with Gasteiger partial charge in [-0.15, -0.1) is 0 Å². The minimum absolute atomic E-state index is 0.199. The molecule has 2 rings (SSSR count). The highest BCUT2D eigenvalue weighted by molar-refractivity contribution is 6.30. The summed E-state index contributed by atoms with van der Waals surface area (Å²) in [6.45, 7) is 3.01. The lowest BCUT2D eigenvalue weighted by Gasteiger charge is -2.30. The normalized spacial score (nSPS) is 21.7. The molecule has 1 aliphatic rings. The molecule has 0 saturated carbocycles. The molecule has 0 radical (unpaired) electrons. The smallest absolute Gasteiger partial charge is 0.141 e. The van der Waals surface area contributed by atoms with Gasteiger partial charge >= 0.3 is 0 Å². The second kappa shape index (κ2) is 5.80. The van der Waals surface area contributed by atoms with Crippen molar-refractivity contribution < 1.29 is 4.39 Å². The maximum absolute atomic E-state index is 13.0. The third-order valence-electron chi connectivity index (χ3n) is 3.20. The Hall–Kier alpha value is -0.640. The lowest BCUT2D eigenvalue weighted by molar-refractivity contribution is 0.226. The molecule has 2 nitrogen and oxygen atoms in total. The van der Waals surface area contributed by atoms with Crippen molar-refractivity contribution in [1.29, 1.82) is 0 Å². The summed E-state index contributed by atoms with van der Waals surface area (Å²) in [6, 6.07) is 5.42. The molecule has 17 heavy (non-hydrogen) atoms. The van der Waals surface area contributed by atoms with Crippen LogP contribution in [0.5, 0.6) is 0 Å². The minimum atomic E-state index is -0.354. The predicted molar refractivity (Wildman–Crippen MR) is 68.8 cm³/mol. The Morgan fingerprint density at radius 3 is 3.06 bits per heavy atom. The van der Waals surface area contributed by atoms with Crippen molar-refractivity contribution in [3.63, 3.8) is 0 Å². The summed E-state index contributed by atoms with van der Waals surface area (Å²) in [5.41, 5.74) is 1.03. The highest BCUT2D eigenvalue weighted by Crippen LogP contribution is 2.16. The van der Waals surface area contributed by atoms with Gasteiger partial charge in [-0.25, -0.2) is 4.39 Å². The molecule has 1 aromatic rings. The van der Waals surface area contributed by atoms with Crippen molar-refractivity contribution >= 4 is 11.6 Å². The number of rotatable bonds is 3. The topological polar surface area (TPSA) is 15.3 Å². The van der Waals surface area contributed by atoms with Crippen LogP contribution in [-0.4, -0.2) is 31.1 Å². The van der Waals surface area contributed by atoms with Crippen molar-refractivity contribution in [1.82, 2.24) is 10.2 Å². The fourth-order valence-corrected chi connectivity index (χ4v) is 2.45. The number of halogens is 2. The summed E-state index contributed by atoms with van der Waals surface area (Å²) in [7, 11) is 2.14. The zero-order chi connectivity index (χ0) is 12.3. The molecule has 1 atom stereocenters. The first-order chi connectivity index (χ1) is 8.15. The van der Waals surface area contributed by atoms with Crippen LogP contribution in [0.4, 0.5) is 4.39 Å². The monoisotopic (exact) mass is 256 g/mol. The molecule has 0 aromatic heterocycles. The maximum atomic E-state index is 13.0. The molecule has 94 valence electrons. The molecular weight excluding hydrogens is 239 g/mol. The highest BCUT2D eigenvalue weighted by Gasteiger charge is 2.16. The zero-order valence-corrected chi connectivity index (χ0v) is 10.8. The Bertz CT molecular complexity index is 384. The van der Waals surface area contributed by atoms with E-state index in [1.54, 1.807) is 12.1 Å². The van der Waals surface area contributed by atoms with E-state index in [2.05, 4.69) is 17.3 Å². The average molecular weight is 257 g/mol. The van der Waals surface area contributed by atoms with E-state index in [4.69, 9.17) is 11.6 Å². The van der Waals surface area contributed by atoms with Crippen molar-refractivity contribution in [2.75, 3.05) is 20.1 Å². The van der Waals surface area contributed by atoms with Gasteiger partial charge in [0, 0.05) is 19.1 Å². The van der Waals surface area contributed by atoms with Crippen molar-refractivity contribution in [3.05, 3.63) is 34.6 Å². The van der Waals surface area contributed by atoms with E-state index in [1.807, 2.05) is 0 Å². The van der Waals surface area contributed by atoms with E-state index in [1.165, 1.54) is 25.5 Å². The van der Waals surface area contributed by atoms with E-state index in [0.29, 0.717) is 6.04 Å². The standard InChI is InChI=1S/C13H18ClFN2/c1-17-6-2-3-11(9-17)16-8-10-4-5-13(15)12(14)7-10/h4-5,7,11,16H,2-3,6,8-9H2,1H3. The zero-order valence-electron chi connectivity index (χ0n) is 10.0. The van der Waals surface area contributed by atoms with Crippen LogP contribution in [0.15, 0.2) is 18.2 Å². The Morgan fingerprint density at radius 2 is 2.35 bits per heavy atom. The number of likely N-dealkylation sites (N-methyl/N-ethyl adjacent to an activating group) is 1. The van der Waals surface area contributed by atoms with Gasteiger partial charge in [-0.1, -0.05) is 17.7 Å². The second-order valence-electron chi connectivity index (χ2n) is 4.73. The van der Waals surface area contributed by atoms with E-state index in [9.17, 15) is 4.39 Å². The van der Waals surface area contributed by atoms with Gasteiger partial charge in [0.1, 0.15) is 5.82 Å². The fourth-order valence-electron chi connectivity index (χ4n) is 2.24. The van der Waals surface area contributed by atoms with E-state index >= 15 is 0 Å². The van der Waals surface area contributed by atoms with Crippen LogP contribution in [0, 0.1) is 5.82 Å². The van der Waals surface area contributed by atoms with Crippen molar-refractivity contribution in [3.8, 4) is 0 Å². The Balaban J connectivity index is 1.86. The number of piperidine rings is 1. The molecule has 1 N–H and O–H groups in total. The molecule has 4 heteroatoms. The lowest BCUT2D eigenvalue weighted by atomic mass is 10.1. The molecule has 1 saturated heterocycles. The summed E-state index contributed by atoms with van der Waals surface area (Å²) >= 11 is 5.75. The largest absolute Gasteiger partial charge is 0.309 e. The molecular formula is C13H18ClFN2. The number of hydrogen-bond acceptors (Lipinski definition) is 2. The molecule has 1 unspecified atom stereocenters. The first-order valence-electron chi connectivity index (χ1n) is 6.01. The average Bonchev–Trinajstić information content (AvgIpc) is 2.31. The Kier molecular flexibility index (Phi) is 4.37. The van der Waals surface area contributed by atoms with Gasteiger partial charge < -0.3 is 10.2 Å². The van der Waals surface area contributed by atoms with Gasteiger partial charge in [0.25, 0.3) is 0 Å². The molecule has 1 heterocycles. The number of hydrogen-bond donors (Lipinski definition) is 1. The van der Waals surface area contributed by atoms with Crippen LogP contribution >= 0.6 is 11.6 Å². The molecule has 1 fully saturated rings. The number of nitrogens with one attached hydrogen (secondary N) is 1. The minimum Gasteiger partial charge on any atom is -0.309 e. The van der Waals surface area contributed by atoms with Crippen molar-refractivity contribution in [2.24, 2.45) is 0 Å². The van der Waals surface area contributed by atoms with E-state index in [0.717, 1.165) is 18.7 Å². The van der Waals surface area contributed by atoms with Gasteiger partial charge in [0.05, 0.1) is 5.02 Å². The van der Waals surface area contributed by atoms with Crippen LogP contribution in [0.3, 0.4) is 0 Å². The summed E-state index contributed by atoms with van der Waals surface area (Å²) in [5, 5.41) is 3.69. The summed E-state index contributed by atoms with van der Waals surface area (Å²) in [5.74, 6) is -0.354. The van der Waals surface area contributed by atoms with Gasteiger partial charge in [-0.3, -0.25) is 0 Å².